The molecule has 2 N–H and O–H groups in total. The van der Waals surface area contributed by atoms with Crippen molar-refractivity contribution in [1.82, 2.24) is 5.32 Å². The van der Waals surface area contributed by atoms with Crippen molar-refractivity contribution in [2.45, 2.75) is 19.1 Å². The molecule has 0 saturated heterocycles. The lowest BCUT2D eigenvalue weighted by molar-refractivity contribution is 0.166. The molecule has 2 nitrogen and oxygen atoms in total. The van der Waals surface area contributed by atoms with E-state index in [-0.39, 0.29) is 11.9 Å². The molecule has 1 aromatic heterocycles. The second-order valence-electron chi connectivity index (χ2n) is 4.18. The van der Waals surface area contributed by atoms with E-state index in [2.05, 4.69) is 5.32 Å². The van der Waals surface area contributed by atoms with Gasteiger partial charge in [-0.25, -0.2) is 4.39 Å². The molecule has 0 amide bonds. The fraction of sp³-hybridized carbons (Fsp3) is 0.286. The monoisotopic (exact) mass is 265 g/mol. The molecule has 0 radical (unpaired) electrons. The molecule has 1 heterocycles. The minimum absolute atomic E-state index is 0.159. The first-order chi connectivity index (χ1) is 8.68. The summed E-state index contributed by atoms with van der Waals surface area (Å²) in [7, 11) is 0. The van der Waals surface area contributed by atoms with Gasteiger partial charge in [-0.1, -0.05) is 24.3 Å². The number of halogens is 1. The second-order valence-corrected chi connectivity index (χ2v) is 5.16. The quantitative estimate of drug-likeness (QED) is 0.869. The third kappa shape index (κ3) is 3.16. The predicted octanol–water partition coefficient (Wildman–Crippen LogP) is 3.27. The summed E-state index contributed by atoms with van der Waals surface area (Å²) < 4.78 is 13.5. The van der Waals surface area contributed by atoms with Gasteiger partial charge in [0.1, 0.15) is 5.82 Å². The highest BCUT2D eigenvalue weighted by molar-refractivity contribution is 7.10. The molecule has 0 aliphatic heterocycles. The third-order valence-electron chi connectivity index (χ3n) is 2.85. The molecule has 2 unspecified atom stereocenters. The van der Waals surface area contributed by atoms with Crippen LogP contribution >= 0.6 is 11.3 Å². The van der Waals surface area contributed by atoms with E-state index in [1.165, 1.54) is 10.9 Å². The highest BCUT2D eigenvalue weighted by Crippen LogP contribution is 2.20. The maximum Gasteiger partial charge on any atom is 0.129 e. The van der Waals surface area contributed by atoms with Gasteiger partial charge in [0, 0.05) is 23.0 Å². The summed E-state index contributed by atoms with van der Waals surface area (Å²) in [6.45, 7) is 2.36. The molecule has 0 spiro atoms. The molecule has 0 aliphatic carbocycles. The largest absolute Gasteiger partial charge is 0.387 e. The van der Waals surface area contributed by atoms with Crippen LogP contribution < -0.4 is 5.32 Å². The number of nitrogens with one attached hydrogen (secondary N) is 1. The van der Waals surface area contributed by atoms with E-state index in [0.29, 0.717) is 12.1 Å². The molecule has 96 valence electrons. The van der Waals surface area contributed by atoms with Gasteiger partial charge >= 0.3 is 0 Å². The molecular formula is C14H16FNOS. The van der Waals surface area contributed by atoms with Gasteiger partial charge in [-0.05, 0) is 24.4 Å². The Balaban J connectivity index is 1.93. The lowest BCUT2D eigenvalue weighted by Crippen LogP contribution is -2.24. The number of hydrogen-bond acceptors (Lipinski definition) is 3. The molecule has 0 saturated carbocycles. The average molecular weight is 265 g/mol. The highest BCUT2D eigenvalue weighted by Gasteiger charge is 2.13. The molecule has 0 fully saturated rings. The van der Waals surface area contributed by atoms with E-state index in [1.54, 1.807) is 29.5 Å². The Labute approximate surface area is 110 Å². The van der Waals surface area contributed by atoms with Crippen molar-refractivity contribution >= 4 is 11.3 Å². The average Bonchev–Trinajstić information content (AvgIpc) is 2.90. The summed E-state index contributed by atoms with van der Waals surface area (Å²) in [6, 6.07) is 10.5. The number of aliphatic hydroxyl groups excluding tert-OH is 1. The molecule has 2 aromatic rings. The number of thiophene rings is 1. The van der Waals surface area contributed by atoms with Gasteiger partial charge < -0.3 is 10.4 Å². The standard InChI is InChI=1S/C14H16FNOS/c1-10(14-7-4-8-18-14)16-9-13(17)11-5-2-3-6-12(11)15/h2-8,10,13,16-17H,9H2,1H3. The Bertz CT molecular complexity index is 486. The Morgan fingerprint density at radius 2 is 2.06 bits per heavy atom. The minimum atomic E-state index is -0.825. The van der Waals surface area contributed by atoms with Crippen molar-refractivity contribution < 1.29 is 9.50 Å². The van der Waals surface area contributed by atoms with Crippen LogP contribution in [0.1, 0.15) is 29.5 Å². The Morgan fingerprint density at radius 1 is 1.28 bits per heavy atom. The van der Waals surface area contributed by atoms with Gasteiger partial charge in [0.05, 0.1) is 6.10 Å². The minimum Gasteiger partial charge on any atom is -0.387 e. The van der Waals surface area contributed by atoms with Crippen molar-refractivity contribution in [3.63, 3.8) is 0 Å². The van der Waals surface area contributed by atoms with Gasteiger partial charge in [0.25, 0.3) is 0 Å². The van der Waals surface area contributed by atoms with Gasteiger partial charge in [-0.15, -0.1) is 11.3 Å². The number of benzene rings is 1. The normalized spacial score (nSPS) is 14.4. The first-order valence-corrected chi connectivity index (χ1v) is 6.75. The fourth-order valence-corrected chi connectivity index (χ4v) is 2.54. The molecule has 18 heavy (non-hydrogen) atoms. The molecule has 1 aromatic carbocycles. The van der Waals surface area contributed by atoms with Gasteiger partial charge in [-0.3, -0.25) is 0 Å². The van der Waals surface area contributed by atoms with Crippen LogP contribution in [0.3, 0.4) is 0 Å². The van der Waals surface area contributed by atoms with Crippen LogP contribution in [0, 0.1) is 5.82 Å². The summed E-state index contributed by atoms with van der Waals surface area (Å²) in [5.74, 6) is -0.365. The maximum atomic E-state index is 13.5. The van der Waals surface area contributed by atoms with Crippen molar-refractivity contribution in [2.75, 3.05) is 6.54 Å². The molecule has 2 atom stereocenters. The zero-order chi connectivity index (χ0) is 13.0. The highest BCUT2D eigenvalue weighted by atomic mass is 32.1. The van der Waals surface area contributed by atoms with E-state index in [0.717, 1.165) is 0 Å². The summed E-state index contributed by atoms with van der Waals surface area (Å²) in [5, 5.41) is 15.2. The van der Waals surface area contributed by atoms with Crippen LogP contribution in [-0.2, 0) is 0 Å². The molecule has 4 heteroatoms. The van der Waals surface area contributed by atoms with Crippen molar-refractivity contribution in [3.05, 3.63) is 58.0 Å². The Kier molecular flexibility index (Phi) is 4.47. The fourth-order valence-electron chi connectivity index (χ4n) is 1.78. The summed E-state index contributed by atoms with van der Waals surface area (Å²) in [5.41, 5.74) is 0.336. The van der Waals surface area contributed by atoms with Crippen LogP contribution in [0.15, 0.2) is 41.8 Å². The van der Waals surface area contributed by atoms with Crippen LogP contribution in [0.4, 0.5) is 4.39 Å². The Hall–Kier alpha value is -1.23. The van der Waals surface area contributed by atoms with Crippen molar-refractivity contribution in [3.8, 4) is 0 Å². The van der Waals surface area contributed by atoms with E-state index in [9.17, 15) is 9.50 Å². The summed E-state index contributed by atoms with van der Waals surface area (Å²) in [4.78, 5) is 1.20. The van der Waals surface area contributed by atoms with E-state index >= 15 is 0 Å². The first-order valence-electron chi connectivity index (χ1n) is 5.87. The van der Waals surface area contributed by atoms with Gasteiger partial charge in [0.2, 0.25) is 0 Å². The number of hydrogen-bond donors (Lipinski definition) is 2. The molecular weight excluding hydrogens is 249 g/mol. The lowest BCUT2D eigenvalue weighted by atomic mass is 10.1. The van der Waals surface area contributed by atoms with E-state index in [1.807, 2.05) is 24.4 Å². The van der Waals surface area contributed by atoms with Crippen molar-refractivity contribution in [2.24, 2.45) is 0 Å². The van der Waals surface area contributed by atoms with Crippen LogP contribution in [-0.4, -0.2) is 11.7 Å². The smallest absolute Gasteiger partial charge is 0.129 e. The van der Waals surface area contributed by atoms with Crippen LogP contribution in [0.5, 0.6) is 0 Å². The van der Waals surface area contributed by atoms with E-state index < -0.39 is 6.10 Å². The predicted molar refractivity (Wildman–Crippen MR) is 72.1 cm³/mol. The van der Waals surface area contributed by atoms with Crippen LogP contribution in [0.2, 0.25) is 0 Å². The van der Waals surface area contributed by atoms with Crippen LogP contribution in [0.25, 0.3) is 0 Å². The topological polar surface area (TPSA) is 32.3 Å². The summed E-state index contributed by atoms with van der Waals surface area (Å²) >= 11 is 1.66. The first kappa shape index (κ1) is 13.2. The SMILES string of the molecule is CC(NCC(O)c1ccccc1F)c1cccs1. The zero-order valence-corrected chi connectivity index (χ0v) is 11.0. The Morgan fingerprint density at radius 3 is 2.72 bits per heavy atom. The second kappa shape index (κ2) is 6.09. The number of rotatable bonds is 5. The van der Waals surface area contributed by atoms with Gasteiger partial charge in [-0.2, -0.15) is 0 Å². The zero-order valence-electron chi connectivity index (χ0n) is 10.1. The third-order valence-corrected chi connectivity index (χ3v) is 3.91. The summed E-state index contributed by atoms with van der Waals surface area (Å²) in [6.07, 6.45) is -0.825. The molecule has 0 aliphatic rings. The van der Waals surface area contributed by atoms with Gasteiger partial charge in [0.15, 0.2) is 0 Å². The maximum absolute atomic E-state index is 13.5. The van der Waals surface area contributed by atoms with E-state index in [4.69, 9.17) is 0 Å². The molecule has 2 rings (SSSR count). The van der Waals surface area contributed by atoms with Crippen molar-refractivity contribution in [1.29, 1.82) is 0 Å². The number of aliphatic hydroxyl groups is 1. The molecule has 0 bridgehead atoms. The lowest BCUT2D eigenvalue weighted by Gasteiger charge is -2.16.